The van der Waals surface area contributed by atoms with Crippen LogP contribution in [0.25, 0.3) is 0 Å². The van der Waals surface area contributed by atoms with Gasteiger partial charge < -0.3 is 15.1 Å². The number of aryl methyl sites for hydroxylation is 1. The van der Waals surface area contributed by atoms with E-state index < -0.39 is 0 Å². The standard InChI is InChI=1S/C17H32N4/c1-7-18-11-16-10-15(4)17(19-12-16)21(13-14(2)3)9-8-20(5)6/h10,12,14,18H,7-9,11,13H2,1-6H3. The Kier molecular flexibility index (Phi) is 7.68. The summed E-state index contributed by atoms with van der Waals surface area (Å²) in [7, 11) is 4.24. The van der Waals surface area contributed by atoms with Gasteiger partial charge in [0.15, 0.2) is 0 Å². The fourth-order valence-electron chi connectivity index (χ4n) is 2.37. The first-order valence-electron chi connectivity index (χ1n) is 8.00. The summed E-state index contributed by atoms with van der Waals surface area (Å²) in [5, 5.41) is 3.35. The third-order valence-electron chi connectivity index (χ3n) is 3.39. The van der Waals surface area contributed by atoms with Gasteiger partial charge in [0, 0.05) is 32.4 Å². The average Bonchev–Trinajstić information content (AvgIpc) is 2.41. The number of nitrogens with zero attached hydrogens (tertiary/aromatic N) is 3. The van der Waals surface area contributed by atoms with E-state index in [9.17, 15) is 0 Å². The Balaban J connectivity index is 2.85. The molecule has 1 aromatic heterocycles. The zero-order chi connectivity index (χ0) is 15.8. The maximum atomic E-state index is 4.73. The van der Waals surface area contributed by atoms with Crippen LogP contribution >= 0.6 is 0 Å². The van der Waals surface area contributed by atoms with Crippen LogP contribution in [-0.4, -0.2) is 50.2 Å². The second-order valence-electron chi connectivity index (χ2n) is 6.41. The molecule has 0 aliphatic rings. The van der Waals surface area contributed by atoms with Crippen LogP contribution in [0.3, 0.4) is 0 Å². The van der Waals surface area contributed by atoms with E-state index in [4.69, 9.17) is 4.98 Å². The van der Waals surface area contributed by atoms with E-state index in [1.807, 2.05) is 6.20 Å². The topological polar surface area (TPSA) is 31.4 Å². The molecule has 0 fully saturated rings. The number of likely N-dealkylation sites (N-methyl/N-ethyl adjacent to an activating group) is 1. The van der Waals surface area contributed by atoms with Gasteiger partial charge in [0.05, 0.1) is 0 Å². The predicted molar refractivity (Wildman–Crippen MR) is 92.0 cm³/mol. The first-order valence-corrected chi connectivity index (χ1v) is 8.00. The Bertz CT molecular complexity index is 415. The maximum absolute atomic E-state index is 4.73. The van der Waals surface area contributed by atoms with Crippen LogP contribution in [0.1, 0.15) is 31.9 Å². The zero-order valence-electron chi connectivity index (χ0n) is 14.6. The van der Waals surface area contributed by atoms with Crippen molar-refractivity contribution < 1.29 is 0 Å². The molecule has 1 heterocycles. The van der Waals surface area contributed by atoms with Crippen LogP contribution in [0, 0.1) is 12.8 Å². The fourth-order valence-corrected chi connectivity index (χ4v) is 2.37. The van der Waals surface area contributed by atoms with Gasteiger partial charge in [-0.25, -0.2) is 4.98 Å². The van der Waals surface area contributed by atoms with Crippen LogP contribution in [-0.2, 0) is 6.54 Å². The molecule has 0 amide bonds. The first kappa shape index (κ1) is 17.9. The largest absolute Gasteiger partial charge is 0.355 e. The summed E-state index contributed by atoms with van der Waals surface area (Å²) in [6.45, 7) is 13.8. The molecule has 0 aliphatic heterocycles. The smallest absolute Gasteiger partial charge is 0.131 e. The summed E-state index contributed by atoms with van der Waals surface area (Å²) >= 11 is 0. The molecular formula is C17H32N4. The number of nitrogens with one attached hydrogen (secondary N) is 1. The van der Waals surface area contributed by atoms with E-state index in [1.165, 1.54) is 11.1 Å². The minimum atomic E-state index is 0.634. The number of hydrogen-bond acceptors (Lipinski definition) is 4. The molecule has 0 unspecified atom stereocenters. The Morgan fingerprint density at radius 1 is 1.24 bits per heavy atom. The quantitative estimate of drug-likeness (QED) is 0.758. The lowest BCUT2D eigenvalue weighted by molar-refractivity contribution is 0.408. The molecule has 0 bridgehead atoms. The van der Waals surface area contributed by atoms with Gasteiger partial charge in [-0.15, -0.1) is 0 Å². The molecule has 0 aromatic carbocycles. The second kappa shape index (κ2) is 9.00. The van der Waals surface area contributed by atoms with Crippen LogP contribution in [0.15, 0.2) is 12.3 Å². The third kappa shape index (κ3) is 6.44. The first-order chi connectivity index (χ1) is 9.93. The highest BCUT2D eigenvalue weighted by molar-refractivity contribution is 5.47. The number of pyridine rings is 1. The van der Waals surface area contributed by atoms with Gasteiger partial charge >= 0.3 is 0 Å². The molecule has 4 nitrogen and oxygen atoms in total. The van der Waals surface area contributed by atoms with Crippen molar-refractivity contribution in [2.24, 2.45) is 5.92 Å². The fraction of sp³-hybridized carbons (Fsp3) is 0.706. The van der Waals surface area contributed by atoms with E-state index in [0.29, 0.717) is 5.92 Å². The SMILES string of the molecule is CCNCc1cnc(N(CCN(C)C)CC(C)C)c(C)c1. The molecule has 0 atom stereocenters. The monoisotopic (exact) mass is 292 g/mol. The summed E-state index contributed by atoms with van der Waals surface area (Å²) in [4.78, 5) is 9.37. The third-order valence-corrected chi connectivity index (χ3v) is 3.39. The predicted octanol–water partition coefficient (Wildman–Crippen LogP) is 2.52. The number of hydrogen-bond donors (Lipinski definition) is 1. The van der Waals surface area contributed by atoms with Crippen LogP contribution in [0.4, 0.5) is 5.82 Å². The van der Waals surface area contributed by atoms with Crippen molar-refractivity contribution in [3.63, 3.8) is 0 Å². The highest BCUT2D eigenvalue weighted by Crippen LogP contribution is 2.19. The molecule has 21 heavy (non-hydrogen) atoms. The van der Waals surface area contributed by atoms with Crippen LogP contribution < -0.4 is 10.2 Å². The molecular weight excluding hydrogens is 260 g/mol. The van der Waals surface area contributed by atoms with Gasteiger partial charge in [0.2, 0.25) is 0 Å². The molecule has 0 saturated heterocycles. The van der Waals surface area contributed by atoms with Crippen molar-refractivity contribution in [2.75, 3.05) is 45.2 Å². The summed E-state index contributed by atoms with van der Waals surface area (Å²) in [6.07, 6.45) is 2.01. The molecule has 0 saturated carbocycles. The van der Waals surface area contributed by atoms with Crippen molar-refractivity contribution in [3.8, 4) is 0 Å². The van der Waals surface area contributed by atoms with E-state index in [0.717, 1.165) is 38.5 Å². The van der Waals surface area contributed by atoms with E-state index in [1.54, 1.807) is 0 Å². The van der Waals surface area contributed by atoms with E-state index in [2.05, 4.69) is 63.0 Å². The summed E-state index contributed by atoms with van der Waals surface area (Å²) < 4.78 is 0. The van der Waals surface area contributed by atoms with Crippen molar-refractivity contribution in [1.29, 1.82) is 0 Å². The van der Waals surface area contributed by atoms with Crippen LogP contribution in [0.2, 0.25) is 0 Å². The molecule has 0 radical (unpaired) electrons. The van der Waals surface area contributed by atoms with E-state index in [-0.39, 0.29) is 0 Å². The van der Waals surface area contributed by atoms with E-state index >= 15 is 0 Å². The number of anilines is 1. The molecule has 120 valence electrons. The van der Waals surface area contributed by atoms with Gasteiger partial charge in [0.25, 0.3) is 0 Å². The maximum Gasteiger partial charge on any atom is 0.131 e. The Morgan fingerprint density at radius 2 is 1.95 bits per heavy atom. The van der Waals surface area contributed by atoms with Crippen molar-refractivity contribution >= 4 is 5.82 Å². The van der Waals surface area contributed by atoms with Gasteiger partial charge in [-0.1, -0.05) is 20.8 Å². The Hall–Kier alpha value is -1.13. The highest BCUT2D eigenvalue weighted by Gasteiger charge is 2.13. The minimum Gasteiger partial charge on any atom is -0.355 e. The Morgan fingerprint density at radius 3 is 2.48 bits per heavy atom. The molecule has 0 aliphatic carbocycles. The normalized spacial score (nSPS) is 11.4. The van der Waals surface area contributed by atoms with Crippen molar-refractivity contribution in [3.05, 3.63) is 23.4 Å². The number of aromatic nitrogens is 1. The van der Waals surface area contributed by atoms with Gasteiger partial charge in [-0.3, -0.25) is 0 Å². The lowest BCUT2D eigenvalue weighted by Crippen LogP contribution is -2.35. The molecule has 1 aromatic rings. The summed E-state index contributed by atoms with van der Waals surface area (Å²) in [6, 6.07) is 2.26. The molecule has 0 spiro atoms. The van der Waals surface area contributed by atoms with Crippen molar-refractivity contribution in [1.82, 2.24) is 15.2 Å². The Labute approximate surface area is 130 Å². The number of rotatable bonds is 9. The molecule has 1 rings (SSSR count). The van der Waals surface area contributed by atoms with Crippen molar-refractivity contribution in [2.45, 2.75) is 34.2 Å². The van der Waals surface area contributed by atoms with Gasteiger partial charge in [0.1, 0.15) is 5.82 Å². The van der Waals surface area contributed by atoms with Crippen LogP contribution in [0.5, 0.6) is 0 Å². The highest BCUT2D eigenvalue weighted by atomic mass is 15.2. The van der Waals surface area contributed by atoms with Gasteiger partial charge in [-0.2, -0.15) is 0 Å². The molecule has 4 heteroatoms. The average molecular weight is 292 g/mol. The minimum absolute atomic E-state index is 0.634. The summed E-state index contributed by atoms with van der Waals surface area (Å²) in [5.41, 5.74) is 2.53. The molecule has 1 N–H and O–H groups in total. The van der Waals surface area contributed by atoms with Gasteiger partial charge in [-0.05, 0) is 50.7 Å². The zero-order valence-corrected chi connectivity index (χ0v) is 14.6. The lowest BCUT2D eigenvalue weighted by Gasteiger charge is -2.28. The second-order valence-corrected chi connectivity index (χ2v) is 6.41. The lowest BCUT2D eigenvalue weighted by atomic mass is 10.1. The summed E-state index contributed by atoms with van der Waals surface area (Å²) in [5.74, 6) is 1.76.